The summed E-state index contributed by atoms with van der Waals surface area (Å²) in [5, 5.41) is 0.434. The van der Waals surface area contributed by atoms with Crippen LogP contribution in [0.2, 0.25) is 0 Å². The van der Waals surface area contributed by atoms with Crippen LogP contribution in [0.3, 0.4) is 0 Å². The van der Waals surface area contributed by atoms with Crippen LogP contribution in [0.15, 0.2) is 59.4 Å². The average Bonchev–Trinajstić information content (AvgIpc) is 2.96. The molecule has 0 saturated carbocycles. The van der Waals surface area contributed by atoms with Crippen LogP contribution >= 0.6 is 0 Å². The van der Waals surface area contributed by atoms with E-state index in [9.17, 15) is 4.79 Å². The summed E-state index contributed by atoms with van der Waals surface area (Å²) in [7, 11) is 10.5. The molecule has 4 aromatic rings. The van der Waals surface area contributed by atoms with Gasteiger partial charge in [-0.2, -0.15) is 0 Å². The molecule has 3 aromatic carbocycles. The van der Waals surface area contributed by atoms with Crippen molar-refractivity contribution >= 4 is 16.9 Å². The number of benzene rings is 3. The van der Waals surface area contributed by atoms with Gasteiger partial charge >= 0.3 is 0 Å². The average molecular weight is 531 g/mol. The SMILES string of the molecule is COc1ccc(CC2(N(C)C)c3ccccc3CCN2c2nc3cc(OC)c(OC)cc3c(=O)[nH]2)cc1OC. The molecule has 39 heavy (non-hydrogen) atoms. The Morgan fingerprint density at radius 3 is 2.26 bits per heavy atom. The third-order valence-electron chi connectivity index (χ3n) is 7.59. The molecular formula is C30H34N4O5. The first-order valence-electron chi connectivity index (χ1n) is 12.8. The molecule has 9 nitrogen and oxygen atoms in total. The Bertz CT molecular complexity index is 1570. The molecule has 2 heterocycles. The lowest BCUT2D eigenvalue weighted by Crippen LogP contribution is -2.61. The van der Waals surface area contributed by atoms with Crippen molar-refractivity contribution in [3.8, 4) is 23.0 Å². The molecule has 1 N–H and O–H groups in total. The number of ether oxygens (including phenoxy) is 4. The Kier molecular flexibility index (Phi) is 7.10. The molecule has 0 aliphatic carbocycles. The van der Waals surface area contributed by atoms with E-state index in [-0.39, 0.29) is 5.56 Å². The van der Waals surface area contributed by atoms with Crippen LogP contribution in [0.1, 0.15) is 16.7 Å². The Morgan fingerprint density at radius 2 is 1.56 bits per heavy atom. The van der Waals surface area contributed by atoms with E-state index >= 15 is 0 Å². The van der Waals surface area contributed by atoms with Gasteiger partial charge in [-0.05, 0) is 55.4 Å². The number of methoxy groups -OCH3 is 4. The number of nitrogens with zero attached hydrogens (tertiary/aromatic N) is 3. The Hall–Kier alpha value is -4.24. The minimum Gasteiger partial charge on any atom is -0.493 e. The number of anilines is 1. The highest BCUT2D eigenvalue weighted by atomic mass is 16.5. The van der Waals surface area contributed by atoms with Crippen molar-refractivity contribution in [1.82, 2.24) is 14.9 Å². The molecule has 1 aliphatic heterocycles. The third kappa shape index (κ3) is 4.42. The van der Waals surface area contributed by atoms with Crippen molar-refractivity contribution in [1.29, 1.82) is 0 Å². The number of fused-ring (bicyclic) bond motifs is 2. The molecule has 9 heteroatoms. The number of likely N-dealkylation sites (N-methyl/N-ethyl adjacent to an activating group) is 1. The van der Waals surface area contributed by atoms with Gasteiger partial charge in [0.05, 0.1) is 39.3 Å². The van der Waals surface area contributed by atoms with Crippen molar-refractivity contribution < 1.29 is 18.9 Å². The van der Waals surface area contributed by atoms with E-state index in [1.54, 1.807) is 40.6 Å². The Labute approximate surface area is 227 Å². The Balaban J connectivity index is 1.72. The molecule has 0 saturated heterocycles. The maximum Gasteiger partial charge on any atom is 0.260 e. The largest absolute Gasteiger partial charge is 0.493 e. The van der Waals surface area contributed by atoms with Gasteiger partial charge in [0.1, 0.15) is 5.66 Å². The molecule has 0 bridgehead atoms. The first-order chi connectivity index (χ1) is 18.9. The normalized spacial score (nSPS) is 16.7. The molecule has 0 amide bonds. The van der Waals surface area contributed by atoms with E-state index in [2.05, 4.69) is 59.2 Å². The summed E-state index contributed by atoms with van der Waals surface area (Å²) in [4.78, 5) is 25.8. The summed E-state index contributed by atoms with van der Waals surface area (Å²) in [5.74, 6) is 2.82. The highest BCUT2D eigenvalue weighted by Crippen LogP contribution is 2.43. The zero-order valence-corrected chi connectivity index (χ0v) is 23.2. The van der Waals surface area contributed by atoms with Gasteiger partial charge in [0, 0.05) is 19.0 Å². The lowest BCUT2D eigenvalue weighted by molar-refractivity contribution is 0.132. The van der Waals surface area contributed by atoms with Gasteiger partial charge in [0.2, 0.25) is 5.95 Å². The summed E-state index contributed by atoms with van der Waals surface area (Å²) in [5.41, 5.74) is 3.10. The minimum absolute atomic E-state index is 0.242. The first-order valence-corrected chi connectivity index (χ1v) is 12.8. The number of aromatic amines is 1. The topological polar surface area (TPSA) is 89.1 Å². The summed E-state index contributed by atoms with van der Waals surface area (Å²) in [6, 6.07) is 17.9. The third-order valence-corrected chi connectivity index (χ3v) is 7.59. The van der Waals surface area contributed by atoms with E-state index in [1.807, 2.05) is 12.1 Å². The van der Waals surface area contributed by atoms with Crippen LogP contribution in [0, 0.1) is 0 Å². The Morgan fingerprint density at radius 1 is 0.897 bits per heavy atom. The molecule has 0 spiro atoms. The molecule has 1 atom stereocenters. The van der Waals surface area contributed by atoms with Gasteiger partial charge in [0.15, 0.2) is 23.0 Å². The van der Waals surface area contributed by atoms with E-state index < -0.39 is 5.66 Å². The van der Waals surface area contributed by atoms with E-state index in [0.717, 1.165) is 17.5 Å². The second-order valence-electron chi connectivity index (χ2n) is 9.75. The van der Waals surface area contributed by atoms with Gasteiger partial charge in [-0.1, -0.05) is 30.3 Å². The summed E-state index contributed by atoms with van der Waals surface area (Å²) < 4.78 is 22.0. The number of H-pyrrole nitrogens is 1. The number of rotatable bonds is 8. The molecule has 0 radical (unpaired) electrons. The van der Waals surface area contributed by atoms with Crippen LogP contribution in [0.5, 0.6) is 23.0 Å². The molecule has 5 rings (SSSR count). The van der Waals surface area contributed by atoms with Crippen LogP contribution in [-0.2, 0) is 18.5 Å². The standard InChI is InChI=1S/C30H34N4O5/c1-33(2)30(18-19-11-12-24(36-3)25(15-19)37-4)22-10-8-7-9-20(22)13-14-34(30)29-31-23-17-27(39-6)26(38-5)16-21(23)28(35)32-29/h7-12,15-17H,13-14,18H2,1-6H3,(H,31,32,35). The van der Waals surface area contributed by atoms with Gasteiger partial charge in [0.25, 0.3) is 5.56 Å². The van der Waals surface area contributed by atoms with Crippen molar-refractivity contribution in [2.75, 3.05) is 54.0 Å². The van der Waals surface area contributed by atoms with Crippen LogP contribution in [-0.4, -0.2) is 63.9 Å². The highest BCUT2D eigenvalue weighted by molar-refractivity contribution is 5.83. The van der Waals surface area contributed by atoms with E-state index in [1.165, 1.54) is 5.56 Å². The summed E-state index contributed by atoms with van der Waals surface area (Å²) in [6.07, 6.45) is 1.41. The number of hydrogen-bond donors (Lipinski definition) is 1. The molecule has 1 aromatic heterocycles. The monoisotopic (exact) mass is 530 g/mol. The van der Waals surface area contributed by atoms with Gasteiger partial charge < -0.3 is 23.8 Å². The van der Waals surface area contributed by atoms with Crippen molar-refractivity contribution in [2.24, 2.45) is 0 Å². The van der Waals surface area contributed by atoms with E-state index in [4.69, 9.17) is 23.9 Å². The number of hydrogen-bond acceptors (Lipinski definition) is 8. The fourth-order valence-electron chi connectivity index (χ4n) is 5.66. The maximum absolute atomic E-state index is 13.4. The van der Waals surface area contributed by atoms with Crippen LogP contribution < -0.4 is 29.4 Å². The number of aromatic nitrogens is 2. The van der Waals surface area contributed by atoms with E-state index in [0.29, 0.717) is 52.8 Å². The first kappa shape index (κ1) is 26.4. The van der Waals surface area contributed by atoms with Gasteiger partial charge in [-0.3, -0.25) is 14.7 Å². The van der Waals surface area contributed by atoms with Crippen molar-refractivity contribution in [2.45, 2.75) is 18.5 Å². The van der Waals surface area contributed by atoms with Crippen molar-refractivity contribution in [3.05, 3.63) is 81.6 Å². The molecule has 1 unspecified atom stereocenters. The second-order valence-corrected chi connectivity index (χ2v) is 9.75. The fourth-order valence-corrected chi connectivity index (χ4v) is 5.66. The number of nitrogens with one attached hydrogen (secondary N) is 1. The maximum atomic E-state index is 13.4. The molecule has 1 aliphatic rings. The van der Waals surface area contributed by atoms with Gasteiger partial charge in [-0.25, -0.2) is 4.98 Å². The zero-order valence-electron chi connectivity index (χ0n) is 23.2. The molecular weight excluding hydrogens is 496 g/mol. The zero-order chi connectivity index (χ0) is 27.7. The second kappa shape index (κ2) is 10.5. The summed E-state index contributed by atoms with van der Waals surface area (Å²) >= 11 is 0. The van der Waals surface area contributed by atoms with Crippen molar-refractivity contribution in [3.63, 3.8) is 0 Å². The van der Waals surface area contributed by atoms with Crippen LogP contribution in [0.25, 0.3) is 10.9 Å². The van der Waals surface area contributed by atoms with Gasteiger partial charge in [-0.15, -0.1) is 0 Å². The smallest absolute Gasteiger partial charge is 0.260 e. The predicted molar refractivity (Wildman–Crippen MR) is 152 cm³/mol. The quantitative estimate of drug-likeness (QED) is 0.366. The fraction of sp³-hybridized carbons (Fsp3) is 0.333. The van der Waals surface area contributed by atoms with Crippen LogP contribution in [0.4, 0.5) is 5.95 Å². The molecule has 0 fully saturated rings. The lowest BCUT2D eigenvalue weighted by atomic mass is 9.82. The highest BCUT2D eigenvalue weighted by Gasteiger charge is 2.46. The minimum atomic E-state index is -0.658. The molecule has 204 valence electrons. The summed E-state index contributed by atoms with van der Waals surface area (Å²) in [6.45, 7) is 0.657. The predicted octanol–water partition coefficient (Wildman–Crippen LogP) is 3.98. The lowest BCUT2D eigenvalue weighted by Gasteiger charge is -2.52.